The lowest BCUT2D eigenvalue weighted by atomic mass is 10.0. The number of aromatic nitrogens is 2. The van der Waals surface area contributed by atoms with E-state index >= 15 is 0 Å². The summed E-state index contributed by atoms with van der Waals surface area (Å²) >= 11 is 0. The molecule has 0 saturated carbocycles. The second-order valence-electron chi connectivity index (χ2n) is 9.36. The number of fused-ring (bicyclic) bond motifs is 2. The normalized spacial score (nSPS) is 19.5. The van der Waals surface area contributed by atoms with Crippen LogP contribution in [0.3, 0.4) is 0 Å². The number of imidazole rings is 1. The number of piperidine rings is 1. The molecule has 1 unspecified atom stereocenters. The van der Waals surface area contributed by atoms with Gasteiger partial charge in [0.1, 0.15) is 6.04 Å². The molecule has 6 rings (SSSR count). The van der Waals surface area contributed by atoms with Crippen molar-refractivity contribution in [2.75, 3.05) is 17.2 Å². The van der Waals surface area contributed by atoms with Gasteiger partial charge in [-0.2, -0.15) is 0 Å². The van der Waals surface area contributed by atoms with Crippen molar-refractivity contribution < 1.29 is 14.4 Å². The molecule has 0 spiro atoms. The minimum atomic E-state index is -0.616. The van der Waals surface area contributed by atoms with E-state index in [4.69, 9.17) is 10.7 Å². The van der Waals surface area contributed by atoms with E-state index in [1.54, 1.807) is 4.90 Å². The summed E-state index contributed by atoms with van der Waals surface area (Å²) in [6.45, 7) is 2.75. The minimum Gasteiger partial charge on any atom is -0.399 e. The van der Waals surface area contributed by atoms with Gasteiger partial charge in [0.25, 0.3) is 5.91 Å². The van der Waals surface area contributed by atoms with Gasteiger partial charge in [0.15, 0.2) is 0 Å². The largest absolute Gasteiger partial charge is 0.399 e. The molecule has 4 heterocycles. The molecule has 0 bridgehead atoms. The van der Waals surface area contributed by atoms with Crippen molar-refractivity contribution in [2.24, 2.45) is 0 Å². The Morgan fingerprint density at radius 3 is 2.77 bits per heavy atom. The van der Waals surface area contributed by atoms with E-state index < -0.39 is 11.9 Å². The Bertz CT molecular complexity index is 1360. The van der Waals surface area contributed by atoms with Crippen LogP contribution in [-0.2, 0) is 29.2 Å². The highest BCUT2D eigenvalue weighted by atomic mass is 16.2. The number of nitrogen functional groups attached to an aromatic ring is 1. The van der Waals surface area contributed by atoms with E-state index in [1.165, 1.54) is 0 Å². The molecule has 1 atom stereocenters. The van der Waals surface area contributed by atoms with Crippen molar-refractivity contribution in [3.05, 3.63) is 65.4 Å². The highest BCUT2D eigenvalue weighted by molar-refractivity contribution is 6.05. The van der Waals surface area contributed by atoms with Gasteiger partial charge < -0.3 is 20.1 Å². The molecule has 3 aromatic rings. The highest BCUT2D eigenvalue weighted by Crippen LogP contribution is 2.33. The Kier molecular flexibility index (Phi) is 5.05. The van der Waals surface area contributed by atoms with Gasteiger partial charge in [-0.05, 0) is 42.2 Å². The van der Waals surface area contributed by atoms with Crippen LogP contribution < -0.4 is 16.0 Å². The van der Waals surface area contributed by atoms with Crippen molar-refractivity contribution >= 4 is 29.4 Å². The van der Waals surface area contributed by atoms with Crippen LogP contribution in [-0.4, -0.2) is 44.8 Å². The number of carbonyl (C=O) groups excluding carboxylic acids is 3. The molecule has 3 amide bonds. The molecule has 3 aliphatic rings. The summed E-state index contributed by atoms with van der Waals surface area (Å²) in [5, 5.41) is 2.37. The molecular formula is C26H26N6O3. The standard InChI is InChI=1S/C26H26N6O3/c27-18-6-1-4-16(12-18)21-15-31-11-3-10-30(26(31)28-21)13-17-5-2-7-19-20(17)14-32(25(19)35)22-8-9-23(33)29-24(22)34/h1-2,4-7,12,15,22H,3,8-11,13-14,27H2,(H,29,33,34). The van der Waals surface area contributed by atoms with Crippen LogP contribution in [0, 0.1) is 0 Å². The van der Waals surface area contributed by atoms with E-state index in [9.17, 15) is 14.4 Å². The maximum Gasteiger partial charge on any atom is 0.255 e. The van der Waals surface area contributed by atoms with Crippen LogP contribution >= 0.6 is 0 Å². The van der Waals surface area contributed by atoms with Crippen molar-refractivity contribution in [1.82, 2.24) is 19.8 Å². The maximum atomic E-state index is 13.2. The first kappa shape index (κ1) is 21.4. The smallest absolute Gasteiger partial charge is 0.255 e. The number of nitrogens with one attached hydrogen (secondary N) is 1. The third-order valence-corrected chi connectivity index (χ3v) is 7.09. The Morgan fingerprint density at radius 1 is 1.09 bits per heavy atom. The molecular weight excluding hydrogens is 444 g/mol. The number of nitrogens with zero attached hydrogens (tertiary/aromatic N) is 4. The van der Waals surface area contributed by atoms with Crippen LogP contribution in [0.1, 0.15) is 40.7 Å². The molecule has 3 aliphatic heterocycles. The number of benzene rings is 2. The van der Waals surface area contributed by atoms with Crippen LogP contribution in [0.15, 0.2) is 48.7 Å². The zero-order valence-corrected chi connectivity index (χ0v) is 19.2. The number of nitrogens with two attached hydrogens (primary N) is 1. The molecule has 178 valence electrons. The fourth-order valence-electron chi connectivity index (χ4n) is 5.35. The van der Waals surface area contributed by atoms with E-state index in [2.05, 4.69) is 21.0 Å². The average Bonchev–Trinajstić information content (AvgIpc) is 3.42. The van der Waals surface area contributed by atoms with Gasteiger partial charge in [-0.1, -0.05) is 24.3 Å². The molecule has 2 aromatic carbocycles. The lowest BCUT2D eigenvalue weighted by Gasteiger charge is -2.30. The fraction of sp³-hybridized carbons (Fsp3) is 0.308. The first-order valence-electron chi connectivity index (χ1n) is 11.9. The topological polar surface area (TPSA) is 114 Å². The lowest BCUT2D eigenvalue weighted by molar-refractivity contribution is -0.136. The number of imide groups is 1. The zero-order valence-electron chi connectivity index (χ0n) is 19.2. The van der Waals surface area contributed by atoms with Gasteiger partial charge in [-0.15, -0.1) is 0 Å². The predicted molar refractivity (Wildman–Crippen MR) is 130 cm³/mol. The number of rotatable bonds is 4. The van der Waals surface area contributed by atoms with E-state index in [1.807, 2.05) is 42.5 Å². The highest BCUT2D eigenvalue weighted by Gasteiger charge is 2.40. The van der Waals surface area contributed by atoms with Crippen LogP contribution in [0.2, 0.25) is 0 Å². The van der Waals surface area contributed by atoms with Gasteiger partial charge in [-0.3, -0.25) is 19.7 Å². The van der Waals surface area contributed by atoms with E-state index in [0.29, 0.717) is 30.8 Å². The Labute approximate surface area is 202 Å². The molecule has 0 radical (unpaired) electrons. The SMILES string of the molecule is Nc1cccc(-c2cn3c(n2)N(Cc2cccc4c2CN(C2CCC(=O)NC2=O)C4=O)CCC3)c1. The van der Waals surface area contributed by atoms with Crippen molar-refractivity contribution in [3.8, 4) is 11.3 Å². The maximum absolute atomic E-state index is 13.2. The molecule has 1 aromatic heterocycles. The number of anilines is 2. The Morgan fingerprint density at radius 2 is 1.94 bits per heavy atom. The number of hydrogen-bond donors (Lipinski definition) is 2. The summed E-state index contributed by atoms with van der Waals surface area (Å²) < 4.78 is 2.17. The van der Waals surface area contributed by atoms with E-state index in [-0.39, 0.29) is 18.2 Å². The van der Waals surface area contributed by atoms with Crippen molar-refractivity contribution in [1.29, 1.82) is 0 Å². The van der Waals surface area contributed by atoms with Gasteiger partial charge in [0, 0.05) is 55.6 Å². The molecule has 1 saturated heterocycles. The summed E-state index contributed by atoms with van der Waals surface area (Å²) in [7, 11) is 0. The Hall–Kier alpha value is -4.14. The second-order valence-corrected chi connectivity index (χ2v) is 9.36. The number of carbonyl (C=O) groups is 3. The fourth-order valence-corrected chi connectivity index (χ4v) is 5.35. The zero-order chi connectivity index (χ0) is 24.1. The summed E-state index contributed by atoms with van der Waals surface area (Å²) in [5.74, 6) is 0.0726. The third kappa shape index (κ3) is 3.73. The molecule has 35 heavy (non-hydrogen) atoms. The minimum absolute atomic E-state index is 0.152. The number of hydrogen-bond acceptors (Lipinski definition) is 6. The Balaban J connectivity index is 1.27. The van der Waals surface area contributed by atoms with E-state index in [0.717, 1.165) is 47.8 Å². The van der Waals surface area contributed by atoms with Gasteiger partial charge in [0.05, 0.1) is 5.69 Å². The summed E-state index contributed by atoms with van der Waals surface area (Å²) in [6.07, 6.45) is 3.67. The van der Waals surface area contributed by atoms with Crippen LogP contribution in [0.4, 0.5) is 11.6 Å². The molecule has 9 heteroatoms. The molecule has 0 aliphatic carbocycles. The molecule has 1 fully saturated rings. The molecule has 9 nitrogen and oxygen atoms in total. The summed E-state index contributed by atoms with van der Waals surface area (Å²) in [6, 6.07) is 12.9. The predicted octanol–water partition coefficient (Wildman–Crippen LogP) is 2.30. The average molecular weight is 471 g/mol. The molecule has 3 N–H and O–H groups in total. The quantitative estimate of drug-likeness (QED) is 0.447. The van der Waals surface area contributed by atoms with Gasteiger partial charge in [0.2, 0.25) is 17.8 Å². The first-order chi connectivity index (χ1) is 17.0. The summed E-state index contributed by atoms with van der Waals surface area (Å²) in [5.41, 5.74) is 11.2. The lowest BCUT2D eigenvalue weighted by Crippen LogP contribution is -2.52. The number of amides is 3. The van der Waals surface area contributed by atoms with Crippen molar-refractivity contribution in [3.63, 3.8) is 0 Å². The van der Waals surface area contributed by atoms with Crippen LogP contribution in [0.25, 0.3) is 11.3 Å². The number of aryl methyl sites for hydroxylation is 1. The van der Waals surface area contributed by atoms with Gasteiger partial charge in [-0.25, -0.2) is 4.98 Å². The summed E-state index contributed by atoms with van der Waals surface area (Å²) in [4.78, 5) is 45.9. The third-order valence-electron chi connectivity index (χ3n) is 7.09. The van der Waals surface area contributed by atoms with Gasteiger partial charge >= 0.3 is 0 Å². The first-order valence-corrected chi connectivity index (χ1v) is 11.9. The van der Waals surface area contributed by atoms with Crippen molar-refractivity contribution in [2.45, 2.75) is 44.9 Å². The van der Waals surface area contributed by atoms with Crippen LogP contribution in [0.5, 0.6) is 0 Å². The monoisotopic (exact) mass is 470 g/mol. The second kappa shape index (κ2) is 8.26.